The highest BCUT2D eigenvalue weighted by Crippen LogP contribution is 2.30. The van der Waals surface area contributed by atoms with Crippen molar-refractivity contribution in [1.82, 2.24) is 10.6 Å². The molecule has 1 rings (SSSR count). The molecule has 3 nitrogen and oxygen atoms in total. The summed E-state index contributed by atoms with van der Waals surface area (Å²) in [6, 6.07) is 0. The third kappa shape index (κ3) is 4.32. The van der Waals surface area contributed by atoms with Gasteiger partial charge < -0.3 is 16.4 Å². The van der Waals surface area contributed by atoms with Gasteiger partial charge in [0, 0.05) is 23.2 Å². The zero-order chi connectivity index (χ0) is 13.7. The van der Waals surface area contributed by atoms with E-state index in [4.69, 9.17) is 5.73 Å². The molecule has 0 radical (unpaired) electrons. The van der Waals surface area contributed by atoms with E-state index in [0.29, 0.717) is 5.70 Å². The van der Waals surface area contributed by atoms with Crippen LogP contribution in [0.4, 0.5) is 0 Å². The van der Waals surface area contributed by atoms with Gasteiger partial charge >= 0.3 is 0 Å². The molecule has 4 N–H and O–H groups in total. The maximum absolute atomic E-state index is 5.77. The Balaban J connectivity index is 2.85. The van der Waals surface area contributed by atoms with Crippen LogP contribution in [0, 0.1) is 0 Å². The van der Waals surface area contributed by atoms with E-state index >= 15 is 0 Å². The molecule has 0 amide bonds. The molecule has 100 valence electrons. The molecule has 0 heterocycles. The van der Waals surface area contributed by atoms with Crippen molar-refractivity contribution in [2.75, 3.05) is 0 Å². The second-order valence-corrected chi connectivity index (χ2v) is 4.87. The zero-order valence-corrected chi connectivity index (χ0v) is 12.0. The summed E-state index contributed by atoms with van der Waals surface area (Å²) >= 11 is 0. The first kappa shape index (κ1) is 14.4. The van der Waals surface area contributed by atoms with Gasteiger partial charge in [0.1, 0.15) is 5.82 Å². The number of rotatable bonds is 6. The monoisotopic (exact) mass is 247 g/mol. The summed E-state index contributed by atoms with van der Waals surface area (Å²) in [5, 5.41) is 6.70. The van der Waals surface area contributed by atoms with Gasteiger partial charge in [-0.25, -0.2) is 0 Å². The smallest absolute Gasteiger partial charge is 0.112 e. The zero-order valence-electron chi connectivity index (χ0n) is 12.0. The Kier molecular flexibility index (Phi) is 5.08. The lowest BCUT2D eigenvalue weighted by Crippen LogP contribution is -2.24. The molecule has 0 aromatic heterocycles. The predicted molar refractivity (Wildman–Crippen MR) is 78.3 cm³/mol. The van der Waals surface area contributed by atoms with Crippen molar-refractivity contribution in [3.05, 3.63) is 46.7 Å². The molecule has 0 saturated heterocycles. The molecule has 0 aromatic carbocycles. The minimum absolute atomic E-state index is 0.584. The lowest BCUT2D eigenvalue weighted by Gasteiger charge is -2.16. The fourth-order valence-corrected chi connectivity index (χ4v) is 1.41. The third-order valence-corrected chi connectivity index (χ3v) is 3.22. The topological polar surface area (TPSA) is 50.1 Å². The Morgan fingerprint density at radius 1 is 1.33 bits per heavy atom. The molecule has 1 saturated carbocycles. The van der Waals surface area contributed by atoms with Crippen LogP contribution in [0.2, 0.25) is 0 Å². The Hall–Kier alpha value is -1.64. The summed E-state index contributed by atoms with van der Waals surface area (Å²) in [7, 11) is 0. The van der Waals surface area contributed by atoms with E-state index in [0.717, 1.165) is 17.8 Å². The highest BCUT2D eigenvalue weighted by atomic mass is 15.1. The van der Waals surface area contributed by atoms with Gasteiger partial charge in [0.05, 0.1) is 0 Å². The summed E-state index contributed by atoms with van der Waals surface area (Å²) in [4.78, 5) is 0. The van der Waals surface area contributed by atoms with Crippen LogP contribution in [0.5, 0.6) is 0 Å². The van der Waals surface area contributed by atoms with Crippen molar-refractivity contribution >= 4 is 0 Å². The number of hydrogen-bond acceptors (Lipinski definition) is 3. The van der Waals surface area contributed by atoms with Gasteiger partial charge in [0.2, 0.25) is 0 Å². The lowest BCUT2D eigenvalue weighted by molar-refractivity contribution is 0.829. The Labute approximate surface area is 111 Å². The predicted octanol–water partition coefficient (Wildman–Crippen LogP) is 3.25. The van der Waals surface area contributed by atoms with Crippen molar-refractivity contribution in [2.45, 2.75) is 47.0 Å². The van der Waals surface area contributed by atoms with Crippen LogP contribution in [-0.4, -0.2) is 0 Å². The molecule has 1 aliphatic carbocycles. The minimum atomic E-state index is 0.584. The Morgan fingerprint density at radius 2 is 1.94 bits per heavy atom. The molecular weight excluding hydrogens is 222 g/mol. The number of nitrogens with two attached hydrogens (primary N) is 1. The SMILES string of the molecule is C=C(N)/C(C)=C(/N/C=C(/C)CC)NC(C)=C1CC1. The summed E-state index contributed by atoms with van der Waals surface area (Å²) in [5.41, 5.74) is 11.3. The normalized spacial score (nSPS) is 16.0. The molecule has 0 spiro atoms. The van der Waals surface area contributed by atoms with Crippen LogP contribution in [0.25, 0.3) is 0 Å². The third-order valence-electron chi connectivity index (χ3n) is 3.22. The summed E-state index contributed by atoms with van der Waals surface area (Å²) in [6.45, 7) is 12.1. The van der Waals surface area contributed by atoms with Crippen molar-refractivity contribution in [1.29, 1.82) is 0 Å². The number of allylic oxidation sites excluding steroid dienone is 4. The van der Waals surface area contributed by atoms with Crippen molar-refractivity contribution < 1.29 is 0 Å². The van der Waals surface area contributed by atoms with E-state index in [-0.39, 0.29) is 0 Å². The Bertz CT molecular complexity index is 419. The second-order valence-electron chi connectivity index (χ2n) is 4.87. The molecule has 0 bridgehead atoms. The number of nitrogens with one attached hydrogen (secondary N) is 2. The second kappa shape index (κ2) is 6.34. The maximum Gasteiger partial charge on any atom is 0.112 e. The van der Waals surface area contributed by atoms with Crippen LogP contribution >= 0.6 is 0 Å². The van der Waals surface area contributed by atoms with Gasteiger partial charge in [-0.15, -0.1) is 0 Å². The molecule has 0 unspecified atom stereocenters. The quantitative estimate of drug-likeness (QED) is 0.631. The van der Waals surface area contributed by atoms with Crippen molar-refractivity contribution in [3.63, 3.8) is 0 Å². The van der Waals surface area contributed by atoms with E-state index in [2.05, 4.69) is 38.0 Å². The molecule has 1 fully saturated rings. The van der Waals surface area contributed by atoms with Gasteiger partial charge in [-0.3, -0.25) is 0 Å². The van der Waals surface area contributed by atoms with E-state index in [1.54, 1.807) is 0 Å². The maximum atomic E-state index is 5.77. The molecule has 0 atom stereocenters. The van der Waals surface area contributed by atoms with Crippen LogP contribution in [0.3, 0.4) is 0 Å². The van der Waals surface area contributed by atoms with Crippen molar-refractivity contribution in [2.24, 2.45) is 5.73 Å². The van der Waals surface area contributed by atoms with Gasteiger partial charge in [-0.1, -0.05) is 24.6 Å². The average molecular weight is 247 g/mol. The van der Waals surface area contributed by atoms with E-state index in [9.17, 15) is 0 Å². The molecule has 1 aliphatic rings. The van der Waals surface area contributed by atoms with E-state index < -0.39 is 0 Å². The summed E-state index contributed by atoms with van der Waals surface area (Å²) in [6.07, 6.45) is 5.46. The van der Waals surface area contributed by atoms with Gasteiger partial charge in [0.15, 0.2) is 0 Å². The fourth-order valence-electron chi connectivity index (χ4n) is 1.41. The first-order valence-corrected chi connectivity index (χ1v) is 6.49. The average Bonchev–Trinajstić information content (AvgIpc) is 3.16. The highest BCUT2D eigenvalue weighted by molar-refractivity contribution is 5.32. The lowest BCUT2D eigenvalue weighted by atomic mass is 10.2. The van der Waals surface area contributed by atoms with Crippen LogP contribution in [-0.2, 0) is 0 Å². The largest absolute Gasteiger partial charge is 0.399 e. The van der Waals surface area contributed by atoms with Crippen LogP contribution in [0.15, 0.2) is 46.7 Å². The van der Waals surface area contributed by atoms with Crippen LogP contribution in [0.1, 0.15) is 47.0 Å². The summed E-state index contributed by atoms with van der Waals surface area (Å²) < 4.78 is 0. The van der Waals surface area contributed by atoms with Gasteiger partial charge in [-0.2, -0.15) is 0 Å². The van der Waals surface area contributed by atoms with Gasteiger partial charge in [0.25, 0.3) is 0 Å². The molecular formula is C15H25N3. The first-order valence-electron chi connectivity index (χ1n) is 6.49. The highest BCUT2D eigenvalue weighted by Gasteiger charge is 2.15. The van der Waals surface area contributed by atoms with E-state index in [1.165, 1.54) is 29.7 Å². The summed E-state index contributed by atoms with van der Waals surface area (Å²) in [5.74, 6) is 0.923. The molecule has 18 heavy (non-hydrogen) atoms. The molecule has 0 aliphatic heterocycles. The van der Waals surface area contributed by atoms with Crippen LogP contribution < -0.4 is 16.4 Å². The standard InChI is InChI=1S/C15H25N3/c1-6-10(2)9-17-15(11(3)12(4)16)18-13(5)14-7-8-14/h9,17-18H,4,6-8,16H2,1-3,5H3/b10-9-,15-11-. The Morgan fingerprint density at radius 3 is 2.39 bits per heavy atom. The first-order chi connectivity index (χ1) is 8.45. The molecule has 0 aromatic rings. The molecule has 3 heteroatoms. The van der Waals surface area contributed by atoms with E-state index in [1.807, 2.05) is 13.1 Å². The number of hydrogen-bond donors (Lipinski definition) is 3. The fraction of sp³-hybridized carbons (Fsp3) is 0.467. The minimum Gasteiger partial charge on any atom is -0.399 e. The van der Waals surface area contributed by atoms with Gasteiger partial charge in [-0.05, 0) is 40.0 Å². The van der Waals surface area contributed by atoms with Crippen molar-refractivity contribution in [3.8, 4) is 0 Å².